The summed E-state index contributed by atoms with van der Waals surface area (Å²) in [6, 6.07) is 1.31. The number of rotatable bonds is 4. The number of nitrogens with zero attached hydrogens (tertiary/aromatic N) is 2. The van der Waals surface area contributed by atoms with E-state index in [0.29, 0.717) is 0 Å². The number of aromatic nitrogens is 2. The zero-order valence-corrected chi connectivity index (χ0v) is 12.2. The molecule has 0 aromatic carbocycles. The maximum absolute atomic E-state index is 14.1. The van der Waals surface area contributed by atoms with Gasteiger partial charge >= 0.3 is 13.5 Å². The predicted molar refractivity (Wildman–Crippen MR) is 72.2 cm³/mol. The number of nitrogens with two attached hydrogens (primary N) is 1. The van der Waals surface area contributed by atoms with Crippen LogP contribution >= 0.6 is 19.6 Å². The van der Waals surface area contributed by atoms with Gasteiger partial charge < -0.3 is 20.6 Å². The highest BCUT2D eigenvalue weighted by Crippen LogP contribution is 2.45. The molecule has 2 rings (SSSR count). The van der Waals surface area contributed by atoms with E-state index in [4.69, 9.17) is 15.5 Å². The summed E-state index contributed by atoms with van der Waals surface area (Å²) in [5.74, 6) is -0.0170. The molecule has 118 valence electrons. The summed E-state index contributed by atoms with van der Waals surface area (Å²) < 4.78 is 29.9. The number of aliphatic hydroxyl groups is 1. The van der Waals surface area contributed by atoms with Crippen LogP contribution in [-0.2, 0) is 9.09 Å². The quantitative estimate of drug-likeness (QED) is 0.519. The zero-order chi connectivity index (χ0) is 15.8. The van der Waals surface area contributed by atoms with Gasteiger partial charge in [-0.3, -0.25) is 9.09 Å². The smallest absolute Gasteiger partial charge is 0.389 e. The first-order chi connectivity index (χ1) is 9.69. The van der Waals surface area contributed by atoms with Crippen LogP contribution in [-0.4, -0.2) is 48.6 Å². The van der Waals surface area contributed by atoms with Crippen molar-refractivity contribution in [2.75, 3.05) is 12.3 Å². The Morgan fingerprint density at radius 1 is 1.57 bits per heavy atom. The maximum Gasteiger partial charge on any atom is 0.469 e. The number of anilines is 1. The fraction of sp³-hybridized carbons (Fsp3) is 0.556. The SMILES string of the molecule is Nc1ccn(C2S[C@H](COP(=O)(O)O)[C@@H](O)[C@@H]2F)c(=O)n1. The van der Waals surface area contributed by atoms with Crippen molar-refractivity contribution in [3.63, 3.8) is 0 Å². The number of nitrogen functional groups attached to an aromatic ring is 1. The second-order valence-corrected chi connectivity index (χ2v) is 6.93. The summed E-state index contributed by atoms with van der Waals surface area (Å²) >= 11 is 0.829. The van der Waals surface area contributed by atoms with Crippen molar-refractivity contribution in [1.29, 1.82) is 0 Å². The highest BCUT2D eigenvalue weighted by Gasteiger charge is 2.45. The first-order valence-corrected chi connectivity index (χ1v) is 8.19. The molecular weight excluding hydrogens is 328 g/mol. The van der Waals surface area contributed by atoms with Gasteiger partial charge in [0, 0.05) is 6.20 Å². The van der Waals surface area contributed by atoms with Crippen molar-refractivity contribution < 1.29 is 28.4 Å². The van der Waals surface area contributed by atoms with E-state index in [1.165, 1.54) is 12.3 Å². The summed E-state index contributed by atoms with van der Waals surface area (Å²) in [7, 11) is -4.72. The van der Waals surface area contributed by atoms with Gasteiger partial charge in [0.25, 0.3) is 0 Å². The van der Waals surface area contributed by atoms with E-state index < -0.39 is 43.0 Å². The van der Waals surface area contributed by atoms with Crippen molar-refractivity contribution in [2.45, 2.75) is 22.9 Å². The number of alkyl halides is 1. The standard InChI is InChI=1S/C9H13FN3O6PS/c10-6-7(14)4(3-19-20(16,17)18)21-8(6)13-2-1-5(11)12-9(13)15/h1-2,4,6-8,14H,3H2,(H2,11,12,15)(H2,16,17,18)/t4-,6+,7-,8?/m1/s1. The van der Waals surface area contributed by atoms with Crippen molar-refractivity contribution in [3.05, 3.63) is 22.7 Å². The van der Waals surface area contributed by atoms with E-state index in [1.54, 1.807) is 0 Å². The third-order valence-corrected chi connectivity index (χ3v) is 4.84. The Kier molecular flexibility index (Phi) is 4.71. The van der Waals surface area contributed by atoms with Crippen LogP contribution < -0.4 is 11.4 Å². The van der Waals surface area contributed by atoms with Gasteiger partial charge in [-0.05, 0) is 6.07 Å². The molecule has 1 unspecified atom stereocenters. The van der Waals surface area contributed by atoms with Crippen LogP contribution in [0, 0.1) is 0 Å². The Morgan fingerprint density at radius 2 is 2.24 bits per heavy atom. The van der Waals surface area contributed by atoms with Crippen LogP contribution in [0.3, 0.4) is 0 Å². The van der Waals surface area contributed by atoms with Crippen LogP contribution in [0.15, 0.2) is 17.1 Å². The van der Waals surface area contributed by atoms with Crippen LogP contribution in [0.4, 0.5) is 10.2 Å². The highest BCUT2D eigenvalue weighted by atomic mass is 32.2. The number of phosphoric acid groups is 1. The second-order valence-electron chi connectivity index (χ2n) is 4.33. The monoisotopic (exact) mass is 341 g/mol. The minimum atomic E-state index is -4.72. The van der Waals surface area contributed by atoms with Gasteiger partial charge in [-0.25, -0.2) is 13.8 Å². The summed E-state index contributed by atoms with van der Waals surface area (Å²) in [4.78, 5) is 32.3. The molecule has 1 aliphatic rings. The Morgan fingerprint density at radius 3 is 2.81 bits per heavy atom. The van der Waals surface area contributed by atoms with Crippen molar-refractivity contribution in [3.8, 4) is 0 Å². The lowest BCUT2D eigenvalue weighted by atomic mass is 10.1. The van der Waals surface area contributed by atoms with Gasteiger partial charge in [-0.1, -0.05) is 0 Å². The van der Waals surface area contributed by atoms with E-state index in [0.717, 1.165) is 16.3 Å². The molecule has 1 fully saturated rings. The van der Waals surface area contributed by atoms with Crippen LogP contribution in [0.25, 0.3) is 0 Å². The molecule has 0 saturated carbocycles. The fourth-order valence-electron chi connectivity index (χ4n) is 1.86. The Bertz CT molecular complexity index is 624. The van der Waals surface area contributed by atoms with Crippen molar-refractivity contribution >= 4 is 25.4 Å². The van der Waals surface area contributed by atoms with Crippen molar-refractivity contribution in [2.24, 2.45) is 0 Å². The molecule has 4 atom stereocenters. The largest absolute Gasteiger partial charge is 0.469 e. The lowest BCUT2D eigenvalue weighted by Gasteiger charge is -2.15. The molecule has 5 N–H and O–H groups in total. The number of aliphatic hydroxyl groups excluding tert-OH is 1. The number of thioether (sulfide) groups is 1. The van der Waals surface area contributed by atoms with Gasteiger partial charge in [0.05, 0.1) is 11.9 Å². The lowest BCUT2D eigenvalue weighted by Crippen LogP contribution is -2.33. The van der Waals surface area contributed by atoms with E-state index in [1.807, 2.05) is 0 Å². The Labute approximate surface area is 122 Å². The van der Waals surface area contributed by atoms with Crippen molar-refractivity contribution in [1.82, 2.24) is 9.55 Å². The van der Waals surface area contributed by atoms with E-state index >= 15 is 0 Å². The minimum Gasteiger partial charge on any atom is -0.389 e. The summed E-state index contributed by atoms with van der Waals surface area (Å²) in [5.41, 5.74) is 4.55. The number of hydrogen-bond acceptors (Lipinski definition) is 7. The highest BCUT2D eigenvalue weighted by molar-refractivity contribution is 8.00. The van der Waals surface area contributed by atoms with Crippen LogP contribution in [0.2, 0.25) is 0 Å². The first kappa shape index (κ1) is 16.4. The average molecular weight is 341 g/mol. The molecule has 0 radical (unpaired) electrons. The molecule has 1 saturated heterocycles. The first-order valence-electron chi connectivity index (χ1n) is 5.71. The van der Waals surface area contributed by atoms with Crippen LogP contribution in [0.5, 0.6) is 0 Å². The fourth-order valence-corrected chi connectivity index (χ4v) is 3.73. The summed E-state index contributed by atoms with van der Waals surface area (Å²) in [5, 5.41) is 7.74. The Balaban J connectivity index is 2.16. The third-order valence-electron chi connectivity index (χ3n) is 2.83. The van der Waals surface area contributed by atoms with Gasteiger partial charge in [0.15, 0.2) is 6.17 Å². The molecule has 0 amide bonds. The summed E-state index contributed by atoms with van der Waals surface area (Å²) in [6.07, 6.45) is -2.10. The van der Waals surface area contributed by atoms with Gasteiger partial charge in [-0.2, -0.15) is 4.98 Å². The molecule has 1 aliphatic heterocycles. The van der Waals surface area contributed by atoms with Crippen LogP contribution in [0.1, 0.15) is 5.37 Å². The number of phosphoric ester groups is 1. The Hall–Kier alpha value is -0.970. The normalized spacial score (nSPS) is 29.7. The predicted octanol–water partition coefficient (Wildman–Crippen LogP) is -0.752. The summed E-state index contributed by atoms with van der Waals surface area (Å²) in [6.45, 7) is -0.551. The molecule has 0 aliphatic carbocycles. The molecule has 9 nitrogen and oxygen atoms in total. The van der Waals surface area contributed by atoms with E-state index in [2.05, 4.69) is 9.51 Å². The van der Waals surface area contributed by atoms with Gasteiger partial charge in [-0.15, -0.1) is 11.8 Å². The number of halogens is 1. The molecule has 1 aromatic rings. The maximum atomic E-state index is 14.1. The lowest BCUT2D eigenvalue weighted by molar-refractivity contribution is 0.0617. The minimum absolute atomic E-state index is 0.0170. The van der Waals surface area contributed by atoms with E-state index in [-0.39, 0.29) is 5.82 Å². The topological polar surface area (TPSA) is 148 Å². The van der Waals surface area contributed by atoms with Gasteiger partial charge in [0.2, 0.25) is 0 Å². The molecule has 0 spiro atoms. The molecule has 1 aromatic heterocycles. The molecule has 2 heterocycles. The second kappa shape index (κ2) is 6.03. The molecule has 12 heteroatoms. The zero-order valence-electron chi connectivity index (χ0n) is 10.4. The third kappa shape index (κ3) is 3.82. The number of hydrogen-bond donors (Lipinski definition) is 4. The van der Waals surface area contributed by atoms with E-state index in [9.17, 15) is 18.9 Å². The molecule has 0 bridgehead atoms. The van der Waals surface area contributed by atoms with Gasteiger partial charge in [0.1, 0.15) is 17.3 Å². The molecule has 21 heavy (non-hydrogen) atoms. The molecular formula is C9H13FN3O6PS. The average Bonchev–Trinajstić information content (AvgIpc) is 2.64.